The minimum absolute atomic E-state index is 0.00356. The Bertz CT molecular complexity index is 571. The number of hydrogen-bond donors (Lipinski definition) is 2. The normalized spacial score (nSPS) is 33.8. The first kappa shape index (κ1) is 16.2. The molecule has 1 aromatic heterocycles. The molecule has 2 aliphatic heterocycles. The highest BCUT2D eigenvalue weighted by Gasteiger charge is 2.49. The average Bonchev–Trinajstić information content (AvgIpc) is 3.20. The fourth-order valence-electron chi connectivity index (χ4n) is 4.58. The summed E-state index contributed by atoms with van der Waals surface area (Å²) in [5.74, 6) is 0.225. The van der Waals surface area contributed by atoms with Crippen molar-refractivity contribution in [2.45, 2.75) is 32.2 Å². The van der Waals surface area contributed by atoms with E-state index >= 15 is 0 Å². The van der Waals surface area contributed by atoms with Crippen molar-refractivity contribution in [1.82, 2.24) is 4.90 Å². The molecule has 6 heteroatoms. The molecule has 2 saturated heterocycles. The first-order chi connectivity index (χ1) is 11.7. The number of amides is 2. The fraction of sp³-hybridized carbons (Fsp3) is 0.667. The van der Waals surface area contributed by atoms with E-state index in [1.165, 1.54) is 10.5 Å². The van der Waals surface area contributed by atoms with Gasteiger partial charge in [0.1, 0.15) is 32.7 Å². The van der Waals surface area contributed by atoms with Crippen LogP contribution in [0, 0.1) is 11.8 Å². The third-order valence-electron chi connectivity index (χ3n) is 6.01. The Morgan fingerprint density at radius 3 is 2.21 bits per heavy atom. The lowest BCUT2D eigenvalue weighted by Crippen LogP contribution is -3.28. The van der Waals surface area contributed by atoms with Gasteiger partial charge in [0.05, 0.1) is 11.8 Å². The van der Waals surface area contributed by atoms with Crippen LogP contribution in [0.25, 0.3) is 0 Å². The molecule has 3 heterocycles. The minimum atomic E-state index is -0.00356. The summed E-state index contributed by atoms with van der Waals surface area (Å²) >= 11 is 1.76. The van der Waals surface area contributed by atoms with Crippen LogP contribution < -0.4 is 9.80 Å². The Morgan fingerprint density at radius 1 is 1.00 bits per heavy atom. The molecule has 2 N–H and O–H groups in total. The van der Waals surface area contributed by atoms with Crippen LogP contribution in [0.4, 0.5) is 0 Å². The Morgan fingerprint density at radius 2 is 1.62 bits per heavy atom. The lowest BCUT2D eigenvalue weighted by atomic mass is 9.81. The van der Waals surface area contributed by atoms with E-state index in [0.29, 0.717) is 6.67 Å². The molecule has 1 aliphatic carbocycles. The molecule has 0 bridgehead atoms. The van der Waals surface area contributed by atoms with Crippen LogP contribution in [-0.4, -0.2) is 49.6 Å². The molecule has 24 heavy (non-hydrogen) atoms. The number of carbonyl (C=O) groups excluding carboxylic acids is 2. The van der Waals surface area contributed by atoms with Crippen molar-refractivity contribution in [2.24, 2.45) is 11.8 Å². The van der Waals surface area contributed by atoms with Crippen LogP contribution in [0.5, 0.6) is 0 Å². The number of fused-ring (bicyclic) bond motifs is 1. The number of quaternary nitrogens is 2. The Hall–Kier alpha value is -1.24. The quantitative estimate of drug-likeness (QED) is 0.697. The number of nitrogens with one attached hydrogen (secondary N) is 2. The zero-order valence-corrected chi connectivity index (χ0v) is 14.9. The van der Waals surface area contributed by atoms with Gasteiger partial charge in [-0.25, -0.2) is 4.90 Å². The molecule has 2 amide bonds. The summed E-state index contributed by atoms with van der Waals surface area (Å²) in [6.07, 6.45) is 4.04. The van der Waals surface area contributed by atoms with Gasteiger partial charge < -0.3 is 9.80 Å². The number of likely N-dealkylation sites (tertiary alicyclic amines) is 1. The lowest BCUT2D eigenvalue weighted by Gasteiger charge is -2.31. The van der Waals surface area contributed by atoms with E-state index in [4.69, 9.17) is 0 Å². The van der Waals surface area contributed by atoms with Gasteiger partial charge in [-0.2, -0.15) is 11.3 Å². The second-order valence-electron chi connectivity index (χ2n) is 7.57. The lowest BCUT2D eigenvalue weighted by molar-refractivity contribution is -1.02. The summed E-state index contributed by atoms with van der Waals surface area (Å²) < 4.78 is 0. The zero-order valence-electron chi connectivity index (χ0n) is 14.1. The van der Waals surface area contributed by atoms with Crippen LogP contribution in [-0.2, 0) is 16.1 Å². The number of thiophene rings is 1. The summed E-state index contributed by atoms with van der Waals surface area (Å²) in [6, 6.07) is 2.21. The van der Waals surface area contributed by atoms with Gasteiger partial charge in [0, 0.05) is 5.56 Å². The van der Waals surface area contributed by atoms with Crippen LogP contribution in [0.2, 0.25) is 0 Å². The second kappa shape index (κ2) is 6.94. The van der Waals surface area contributed by atoms with E-state index in [9.17, 15) is 9.59 Å². The number of piperazine rings is 1. The number of rotatable bonds is 4. The maximum Gasteiger partial charge on any atom is 0.237 e. The molecule has 0 spiro atoms. The molecule has 5 nitrogen and oxygen atoms in total. The largest absolute Gasteiger partial charge is 0.322 e. The molecule has 1 saturated carbocycles. The molecule has 4 rings (SSSR count). The molecule has 2 atom stereocenters. The fourth-order valence-corrected chi connectivity index (χ4v) is 5.25. The van der Waals surface area contributed by atoms with E-state index in [2.05, 4.69) is 16.8 Å². The van der Waals surface area contributed by atoms with Gasteiger partial charge in [-0.1, -0.05) is 12.8 Å². The highest BCUT2D eigenvalue weighted by Crippen LogP contribution is 2.37. The van der Waals surface area contributed by atoms with Gasteiger partial charge in [-0.15, -0.1) is 0 Å². The number of carbonyl (C=O) groups is 2. The molecule has 0 aromatic carbocycles. The second-order valence-corrected chi connectivity index (χ2v) is 8.35. The number of hydrogen-bond acceptors (Lipinski definition) is 3. The highest BCUT2D eigenvalue weighted by atomic mass is 32.1. The molecular weight excluding hydrogens is 322 g/mol. The summed E-state index contributed by atoms with van der Waals surface area (Å²) in [7, 11) is 0. The standard InChI is InChI=1S/C18H25N3O2S/c22-17-15-3-1-2-4-16(15)18(23)21(17)13-20-8-6-19(7-9-20)11-14-5-10-24-12-14/h5,10,12,15-16H,1-4,6-9,11,13H2/p+2/t15-,16-/m0/s1. The Labute approximate surface area is 147 Å². The van der Waals surface area contributed by atoms with E-state index in [1.807, 2.05) is 0 Å². The van der Waals surface area contributed by atoms with Crippen molar-refractivity contribution in [3.05, 3.63) is 22.4 Å². The smallest absolute Gasteiger partial charge is 0.237 e. The third-order valence-corrected chi connectivity index (χ3v) is 6.74. The van der Waals surface area contributed by atoms with Crippen molar-refractivity contribution in [2.75, 3.05) is 32.8 Å². The SMILES string of the molecule is O=C1[C@H]2CCCC[C@@H]2C(=O)N1C[NH+]1CC[NH+](Cc2ccsc2)CC1. The summed E-state index contributed by atoms with van der Waals surface area (Å²) in [4.78, 5) is 29.8. The number of imide groups is 1. The summed E-state index contributed by atoms with van der Waals surface area (Å²) in [5.41, 5.74) is 1.42. The van der Waals surface area contributed by atoms with E-state index in [-0.39, 0.29) is 23.7 Å². The zero-order chi connectivity index (χ0) is 16.5. The van der Waals surface area contributed by atoms with Gasteiger partial charge in [0.25, 0.3) is 0 Å². The van der Waals surface area contributed by atoms with E-state index < -0.39 is 0 Å². The number of nitrogens with zero attached hydrogens (tertiary/aromatic N) is 1. The molecular formula is C18H27N3O2S+2. The van der Waals surface area contributed by atoms with Crippen molar-refractivity contribution in [3.8, 4) is 0 Å². The van der Waals surface area contributed by atoms with Crippen LogP contribution >= 0.6 is 11.3 Å². The molecule has 3 aliphatic rings. The van der Waals surface area contributed by atoms with Crippen molar-refractivity contribution < 1.29 is 19.4 Å². The molecule has 0 radical (unpaired) electrons. The van der Waals surface area contributed by atoms with Crippen molar-refractivity contribution in [3.63, 3.8) is 0 Å². The third kappa shape index (κ3) is 3.15. The van der Waals surface area contributed by atoms with Gasteiger partial charge >= 0.3 is 0 Å². The Balaban J connectivity index is 1.30. The summed E-state index contributed by atoms with van der Waals surface area (Å²) in [6.45, 7) is 6.03. The van der Waals surface area contributed by atoms with Gasteiger partial charge in [0.2, 0.25) is 11.8 Å². The monoisotopic (exact) mass is 349 g/mol. The van der Waals surface area contributed by atoms with E-state index in [1.54, 1.807) is 21.1 Å². The van der Waals surface area contributed by atoms with Crippen molar-refractivity contribution >= 4 is 23.2 Å². The van der Waals surface area contributed by atoms with Crippen LogP contribution in [0.15, 0.2) is 16.8 Å². The maximum atomic E-state index is 12.6. The van der Waals surface area contributed by atoms with Crippen molar-refractivity contribution in [1.29, 1.82) is 0 Å². The maximum absolute atomic E-state index is 12.6. The molecule has 1 aromatic rings. The predicted octanol–water partition coefficient (Wildman–Crippen LogP) is -0.836. The van der Waals surface area contributed by atoms with Gasteiger partial charge in [0.15, 0.2) is 6.67 Å². The molecule has 3 fully saturated rings. The van der Waals surface area contributed by atoms with Crippen LogP contribution in [0.3, 0.4) is 0 Å². The predicted molar refractivity (Wildman–Crippen MR) is 91.6 cm³/mol. The topological polar surface area (TPSA) is 46.3 Å². The first-order valence-corrected chi connectivity index (χ1v) is 10.2. The Kier molecular flexibility index (Phi) is 4.70. The first-order valence-electron chi connectivity index (χ1n) is 9.26. The highest BCUT2D eigenvalue weighted by molar-refractivity contribution is 7.07. The van der Waals surface area contributed by atoms with Gasteiger partial charge in [-0.05, 0) is 29.7 Å². The minimum Gasteiger partial charge on any atom is -0.322 e. The van der Waals surface area contributed by atoms with Gasteiger partial charge in [-0.3, -0.25) is 9.59 Å². The van der Waals surface area contributed by atoms with Crippen LogP contribution in [0.1, 0.15) is 31.2 Å². The average molecular weight is 350 g/mol. The molecule has 130 valence electrons. The molecule has 0 unspecified atom stereocenters. The summed E-state index contributed by atoms with van der Waals surface area (Å²) in [5, 5.41) is 4.37. The van der Waals surface area contributed by atoms with E-state index in [0.717, 1.165) is 58.4 Å².